The number of thioether (sulfide) groups is 1. The molecule has 0 saturated heterocycles. The Balaban J connectivity index is 1.75. The summed E-state index contributed by atoms with van der Waals surface area (Å²) in [5.74, 6) is 0.0124. The number of hydrogen-bond acceptors (Lipinski definition) is 6. The van der Waals surface area contributed by atoms with Gasteiger partial charge in [0.1, 0.15) is 11.1 Å². The summed E-state index contributed by atoms with van der Waals surface area (Å²) in [6, 6.07) is 11.5. The van der Waals surface area contributed by atoms with E-state index in [9.17, 15) is 10.1 Å². The number of thiazole rings is 1. The number of para-hydroxylation sites is 1. The van der Waals surface area contributed by atoms with E-state index in [2.05, 4.69) is 21.4 Å². The van der Waals surface area contributed by atoms with Gasteiger partial charge in [0.25, 0.3) is 0 Å². The van der Waals surface area contributed by atoms with Gasteiger partial charge >= 0.3 is 0 Å². The number of anilines is 1. The summed E-state index contributed by atoms with van der Waals surface area (Å²) < 4.78 is 0. The molecule has 0 atom stereocenters. The Morgan fingerprint density at radius 2 is 2.27 bits per heavy atom. The van der Waals surface area contributed by atoms with E-state index in [0.29, 0.717) is 15.7 Å². The molecule has 2 heterocycles. The molecule has 0 aliphatic carbocycles. The highest BCUT2D eigenvalue weighted by Gasteiger charge is 2.11. The van der Waals surface area contributed by atoms with Gasteiger partial charge in [0.05, 0.1) is 16.8 Å². The Labute approximate surface area is 135 Å². The quantitative estimate of drug-likeness (QED) is 0.744. The maximum atomic E-state index is 11.9. The lowest BCUT2D eigenvalue weighted by Crippen LogP contribution is -2.14. The van der Waals surface area contributed by atoms with Crippen LogP contribution in [0.25, 0.3) is 10.9 Å². The highest BCUT2D eigenvalue weighted by atomic mass is 32.2. The van der Waals surface area contributed by atoms with E-state index in [0.717, 1.165) is 10.9 Å². The largest absolute Gasteiger partial charge is 0.301 e. The van der Waals surface area contributed by atoms with Crippen LogP contribution in [0.15, 0.2) is 46.9 Å². The molecule has 1 amide bonds. The predicted molar refractivity (Wildman–Crippen MR) is 87.9 cm³/mol. The molecule has 5 nitrogen and oxygen atoms in total. The minimum absolute atomic E-state index is 0.168. The fourth-order valence-electron chi connectivity index (χ4n) is 1.86. The van der Waals surface area contributed by atoms with Crippen molar-refractivity contribution in [1.29, 1.82) is 5.26 Å². The van der Waals surface area contributed by atoms with Crippen LogP contribution in [-0.4, -0.2) is 21.6 Å². The topological polar surface area (TPSA) is 78.7 Å². The van der Waals surface area contributed by atoms with Crippen molar-refractivity contribution in [3.8, 4) is 6.07 Å². The number of nitriles is 1. The molecule has 3 rings (SSSR count). The van der Waals surface area contributed by atoms with Gasteiger partial charge in [-0.05, 0) is 12.1 Å². The lowest BCUT2D eigenvalue weighted by atomic mass is 10.2. The van der Waals surface area contributed by atoms with E-state index in [1.165, 1.54) is 23.1 Å². The normalized spacial score (nSPS) is 10.3. The van der Waals surface area contributed by atoms with Gasteiger partial charge in [-0.25, -0.2) is 9.97 Å². The summed E-state index contributed by atoms with van der Waals surface area (Å²) in [6.07, 6.45) is 1.63. The second kappa shape index (κ2) is 6.56. The zero-order chi connectivity index (χ0) is 15.4. The summed E-state index contributed by atoms with van der Waals surface area (Å²) in [6.45, 7) is 0. The van der Waals surface area contributed by atoms with Gasteiger partial charge in [-0.1, -0.05) is 30.0 Å². The van der Waals surface area contributed by atoms with Gasteiger partial charge in [-0.15, -0.1) is 11.3 Å². The number of nitrogens with one attached hydrogen (secondary N) is 1. The highest BCUT2D eigenvalue weighted by molar-refractivity contribution is 8.00. The molecule has 0 aliphatic rings. The minimum atomic E-state index is -0.168. The van der Waals surface area contributed by atoms with Crippen LogP contribution >= 0.6 is 23.1 Å². The number of carbonyl (C=O) groups is 1. The first-order chi connectivity index (χ1) is 10.8. The average Bonchev–Trinajstić information content (AvgIpc) is 3.04. The number of hydrogen-bond donors (Lipinski definition) is 1. The molecular weight excluding hydrogens is 316 g/mol. The Bertz CT molecular complexity index is 856. The smallest absolute Gasteiger partial charge is 0.236 e. The van der Waals surface area contributed by atoms with Crippen LogP contribution < -0.4 is 5.32 Å². The number of amides is 1. The maximum absolute atomic E-state index is 11.9. The van der Waals surface area contributed by atoms with E-state index in [1.54, 1.807) is 17.6 Å². The number of benzene rings is 1. The summed E-state index contributed by atoms with van der Waals surface area (Å²) >= 11 is 2.61. The summed E-state index contributed by atoms with van der Waals surface area (Å²) in [4.78, 5) is 20.3. The molecule has 0 aliphatic heterocycles. The number of aromatic nitrogens is 2. The van der Waals surface area contributed by atoms with Crippen LogP contribution in [0.2, 0.25) is 0 Å². The van der Waals surface area contributed by atoms with Crippen molar-refractivity contribution in [2.75, 3.05) is 11.1 Å². The fraction of sp³-hybridized carbons (Fsp3) is 0.0667. The number of carbonyl (C=O) groups excluding carboxylic acids is 1. The van der Waals surface area contributed by atoms with Crippen LogP contribution in [0.5, 0.6) is 0 Å². The fourth-order valence-corrected chi connectivity index (χ4v) is 3.17. The van der Waals surface area contributed by atoms with Crippen molar-refractivity contribution in [1.82, 2.24) is 9.97 Å². The maximum Gasteiger partial charge on any atom is 0.236 e. The van der Waals surface area contributed by atoms with Gasteiger partial charge in [0.2, 0.25) is 5.91 Å². The molecule has 0 saturated carbocycles. The third-order valence-electron chi connectivity index (χ3n) is 2.83. The van der Waals surface area contributed by atoms with E-state index >= 15 is 0 Å². The molecule has 2 aromatic heterocycles. The first-order valence-corrected chi connectivity index (χ1v) is 8.25. The number of fused-ring (bicyclic) bond motifs is 1. The molecule has 0 radical (unpaired) electrons. The van der Waals surface area contributed by atoms with Crippen molar-refractivity contribution >= 4 is 45.0 Å². The lowest BCUT2D eigenvalue weighted by molar-refractivity contribution is -0.113. The highest BCUT2D eigenvalue weighted by Crippen LogP contribution is 2.24. The van der Waals surface area contributed by atoms with Gasteiger partial charge < -0.3 is 5.32 Å². The van der Waals surface area contributed by atoms with Crippen LogP contribution in [0, 0.1) is 11.3 Å². The number of rotatable bonds is 4. The van der Waals surface area contributed by atoms with E-state index in [-0.39, 0.29) is 11.7 Å². The number of pyridine rings is 1. The Morgan fingerprint density at radius 1 is 1.41 bits per heavy atom. The summed E-state index contributed by atoms with van der Waals surface area (Å²) in [5, 5.41) is 15.8. The van der Waals surface area contributed by atoms with Gasteiger partial charge in [0, 0.05) is 17.0 Å². The molecule has 1 N–H and O–H groups in total. The second-order valence-corrected chi connectivity index (χ2v) is 6.18. The van der Waals surface area contributed by atoms with Crippen molar-refractivity contribution in [2.45, 2.75) is 5.03 Å². The summed E-state index contributed by atoms with van der Waals surface area (Å²) in [7, 11) is 0. The molecule has 0 unspecified atom stereocenters. The third kappa shape index (κ3) is 3.24. The monoisotopic (exact) mass is 326 g/mol. The van der Waals surface area contributed by atoms with Crippen LogP contribution in [0.1, 0.15) is 5.56 Å². The Hall–Kier alpha value is -2.43. The standard InChI is InChI=1S/C15H10N4OS2/c16-8-11-7-10-3-1-2-4-12(10)18-14(11)22-9-13(20)19-15-17-5-6-21-15/h1-7H,9H2,(H,17,19,20). The van der Waals surface area contributed by atoms with Crippen molar-refractivity contribution < 1.29 is 4.79 Å². The molecule has 0 bridgehead atoms. The minimum Gasteiger partial charge on any atom is -0.301 e. The van der Waals surface area contributed by atoms with Gasteiger partial charge in [0.15, 0.2) is 5.13 Å². The molecule has 0 spiro atoms. The molecule has 108 valence electrons. The number of nitrogens with zero attached hydrogens (tertiary/aromatic N) is 3. The Morgan fingerprint density at radius 3 is 3.05 bits per heavy atom. The molecule has 1 aromatic carbocycles. The van der Waals surface area contributed by atoms with E-state index < -0.39 is 0 Å². The van der Waals surface area contributed by atoms with Crippen molar-refractivity contribution in [3.63, 3.8) is 0 Å². The Kier molecular flexibility index (Phi) is 4.32. The first kappa shape index (κ1) is 14.5. The third-order valence-corrected chi connectivity index (χ3v) is 4.51. The zero-order valence-electron chi connectivity index (χ0n) is 11.3. The SMILES string of the molecule is N#Cc1cc2ccccc2nc1SCC(=O)Nc1nccs1. The van der Waals surface area contributed by atoms with Crippen molar-refractivity contribution in [3.05, 3.63) is 47.5 Å². The predicted octanol–water partition coefficient (Wildman–Crippen LogP) is 3.29. The average molecular weight is 326 g/mol. The lowest BCUT2D eigenvalue weighted by Gasteiger charge is -2.05. The first-order valence-electron chi connectivity index (χ1n) is 6.38. The zero-order valence-corrected chi connectivity index (χ0v) is 12.9. The van der Waals surface area contributed by atoms with Crippen LogP contribution in [-0.2, 0) is 4.79 Å². The van der Waals surface area contributed by atoms with Crippen LogP contribution in [0.4, 0.5) is 5.13 Å². The molecule has 3 aromatic rings. The van der Waals surface area contributed by atoms with Gasteiger partial charge in [-0.3, -0.25) is 4.79 Å². The van der Waals surface area contributed by atoms with Crippen LogP contribution in [0.3, 0.4) is 0 Å². The van der Waals surface area contributed by atoms with Crippen molar-refractivity contribution in [2.24, 2.45) is 0 Å². The summed E-state index contributed by atoms with van der Waals surface area (Å²) in [5.41, 5.74) is 1.29. The van der Waals surface area contributed by atoms with E-state index in [4.69, 9.17) is 0 Å². The second-order valence-electron chi connectivity index (χ2n) is 4.32. The van der Waals surface area contributed by atoms with E-state index in [1.807, 2.05) is 24.3 Å². The molecule has 7 heteroatoms. The molecule has 22 heavy (non-hydrogen) atoms. The molecular formula is C15H10N4OS2. The van der Waals surface area contributed by atoms with Gasteiger partial charge in [-0.2, -0.15) is 5.26 Å². The molecule has 0 fully saturated rings.